The number of nitrogens with zero attached hydrogens (tertiary/aromatic N) is 4. The highest BCUT2D eigenvalue weighted by Crippen LogP contribution is 2.13. The Hall–Kier alpha value is -1.28. The topological polar surface area (TPSA) is 61.6 Å². The summed E-state index contributed by atoms with van der Waals surface area (Å²) >= 11 is 1.41. The lowest BCUT2D eigenvalue weighted by Crippen LogP contribution is -2.47. The Balaban J connectivity index is 1.75. The average Bonchev–Trinajstić information content (AvgIpc) is 2.77. The normalized spacial score (nSPS) is 18.2. The smallest absolute Gasteiger partial charge is 0.271 e. The summed E-state index contributed by atoms with van der Waals surface area (Å²) in [4.78, 5) is 21.4. The average molecular weight is 280 g/mol. The van der Waals surface area contributed by atoms with Crippen LogP contribution in [0.2, 0.25) is 0 Å². The van der Waals surface area contributed by atoms with Gasteiger partial charge in [0.15, 0.2) is 0 Å². The molecule has 0 unspecified atom stereocenters. The summed E-state index contributed by atoms with van der Waals surface area (Å²) in [6.45, 7) is 4.14. The summed E-state index contributed by atoms with van der Waals surface area (Å²) in [5, 5.41) is 9.75. The van der Waals surface area contributed by atoms with E-state index in [2.05, 4.69) is 9.88 Å². The van der Waals surface area contributed by atoms with E-state index in [9.17, 15) is 4.79 Å². The lowest BCUT2D eigenvalue weighted by molar-refractivity contribution is 0.0445. The molecule has 1 aliphatic heterocycles. The van der Waals surface area contributed by atoms with Gasteiger partial charge in [-0.15, -0.1) is 0 Å². The molecule has 3 heterocycles. The van der Waals surface area contributed by atoms with Gasteiger partial charge in [0.2, 0.25) is 0 Å². The van der Waals surface area contributed by atoms with Gasteiger partial charge in [0.05, 0.1) is 18.8 Å². The van der Waals surface area contributed by atoms with Gasteiger partial charge < -0.3 is 5.11 Å². The standard InChI is InChI=1S/C12H16N4O2S/c17-9-15-6-4-14(5-7-15)8-16-12(18)10-2-1-3-13-11(10)19-16/h1-3,17H,4-9H2. The molecule has 0 atom stereocenters. The van der Waals surface area contributed by atoms with Crippen LogP contribution < -0.4 is 5.56 Å². The Morgan fingerprint density at radius 1 is 1.26 bits per heavy atom. The molecule has 0 radical (unpaired) electrons. The first-order valence-electron chi connectivity index (χ1n) is 6.28. The monoisotopic (exact) mass is 280 g/mol. The van der Waals surface area contributed by atoms with Crippen LogP contribution in [0.3, 0.4) is 0 Å². The number of hydrogen-bond acceptors (Lipinski definition) is 6. The van der Waals surface area contributed by atoms with E-state index in [-0.39, 0.29) is 12.3 Å². The number of aliphatic hydroxyl groups excluding tert-OH is 1. The second kappa shape index (κ2) is 5.38. The van der Waals surface area contributed by atoms with Crippen molar-refractivity contribution in [3.05, 3.63) is 28.7 Å². The molecule has 3 rings (SSSR count). The predicted molar refractivity (Wildman–Crippen MR) is 74.1 cm³/mol. The molecule has 102 valence electrons. The summed E-state index contributed by atoms with van der Waals surface area (Å²) in [6.07, 6.45) is 1.71. The first-order chi connectivity index (χ1) is 9.28. The summed E-state index contributed by atoms with van der Waals surface area (Å²) in [6, 6.07) is 3.61. The Labute approximate surface area is 114 Å². The fourth-order valence-corrected chi connectivity index (χ4v) is 3.23. The Bertz CT molecular complexity index is 615. The van der Waals surface area contributed by atoms with Crippen LogP contribution in [0.15, 0.2) is 23.1 Å². The van der Waals surface area contributed by atoms with Crippen LogP contribution in [0.5, 0.6) is 0 Å². The summed E-state index contributed by atoms with van der Waals surface area (Å²) in [7, 11) is 0. The molecule has 6 nitrogen and oxygen atoms in total. The molecule has 0 spiro atoms. The lowest BCUT2D eigenvalue weighted by atomic mass is 10.3. The highest BCUT2D eigenvalue weighted by atomic mass is 32.1. The number of fused-ring (bicyclic) bond motifs is 1. The third kappa shape index (κ3) is 2.55. The van der Waals surface area contributed by atoms with E-state index in [1.165, 1.54) is 11.5 Å². The molecule has 19 heavy (non-hydrogen) atoms. The van der Waals surface area contributed by atoms with Crippen LogP contribution in [-0.2, 0) is 6.67 Å². The van der Waals surface area contributed by atoms with Gasteiger partial charge in [-0.2, -0.15) is 0 Å². The molecule has 2 aromatic heterocycles. The molecule has 0 aromatic carbocycles. The van der Waals surface area contributed by atoms with Gasteiger partial charge in [-0.3, -0.25) is 14.6 Å². The van der Waals surface area contributed by atoms with Crippen molar-refractivity contribution in [2.75, 3.05) is 32.9 Å². The number of aliphatic hydroxyl groups is 1. The summed E-state index contributed by atoms with van der Waals surface area (Å²) in [5.41, 5.74) is 0.0395. The highest BCUT2D eigenvalue weighted by molar-refractivity contribution is 7.13. The maximum absolute atomic E-state index is 12.2. The quantitative estimate of drug-likeness (QED) is 0.856. The maximum atomic E-state index is 12.2. The van der Waals surface area contributed by atoms with Crippen molar-refractivity contribution in [3.63, 3.8) is 0 Å². The SMILES string of the molecule is O=c1c2cccnc2sn1CN1CCN(CO)CC1. The number of rotatable bonds is 3. The zero-order valence-corrected chi connectivity index (χ0v) is 11.3. The fourth-order valence-electron chi connectivity index (χ4n) is 2.25. The minimum atomic E-state index is 0.0395. The van der Waals surface area contributed by atoms with Crippen LogP contribution in [0.25, 0.3) is 10.2 Å². The van der Waals surface area contributed by atoms with Crippen molar-refractivity contribution in [1.29, 1.82) is 0 Å². The molecule has 1 aliphatic rings. The van der Waals surface area contributed by atoms with Crippen molar-refractivity contribution in [3.8, 4) is 0 Å². The van der Waals surface area contributed by atoms with E-state index in [0.29, 0.717) is 12.1 Å². The largest absolute Gasteiger partial charge is 0.381 e. The molecule has 0 amide bonds. The van der Waals surface area contributed by atoms with Crippen molar-refractivity contribution in [1.82, 2.24) is 18.7 Å². The predicted octanol–water partition coefficient (Wildman–Crippen LogP) is -0.0171. The van der Waals surface area contributed by atoms with Crippen LogP contribution in [0.4, 0.5) is 0 Å². The molecule has 1 fully saturated rings. The van der Waals surface area contributed by atoms with E-state index in [0.717, 1.165) is 31.0 Å². The van der Waals surface area contributed by atoms with Gasteiger partial charge in [0, 0.05) is 32.4 Å². The van der Waals surface area contributed by atoms with Crippen LogP contribution in [0.1, 0.15) is 0 Å². The highest BCUT2D eigenvalue weighted by Gasteiger charge is 2.17. The third-order valence-electron chi connectivity index (χ3n) is 3.42. The van der Waals surface area contributed by atoms with E-state index >= 15 is 0 Å². The number of piperazine rings is 1. The maximum Gasteiger partial charge on any atom is 0.271 e. The molecular weight excluding hydrogens is 264 g/mol. The first kappa shape index (κ1) is 12.7. The molecule has 1 saturated heterocycles. The Morgan fingerprint density at radius 3 is 2.68 bits per heavy atom. The zero-order chi connectivity index (χ0) is 13.2. The second-order valence-electron chi connectivity index (χ2n) is 4.65. The van der Waals surface area contributed by atoms with Crippen LogP contribution >= 0.6 is 11.5 Å². The van der Waals surface area contributed by atoms with Gasteiger partial charge >= 0.3 is 0 Å². The van der Waals surface area contributed by atoms with Crippen LogP contribution in [0, 0.1) is 0 Å². The van der Waals surface area contributed by atoms with E-state index in [1.807, 2.05) is 11.0 Å². The molecular formula is C12H16N4O2S. The number of hydrogen-bond donors (Lipinski definition) is 1. The Kier molecular flexibility index (Phi) is 3.61. The summed E-state index contributed by atoms with van der Waals surface area (Å²) in [5.74, 6) is 0. The molecule has 0 bridgehead atoms. The van der Waals surface area contributed by atoms with Gasteiger partial charge in [0.1, 0.15) is 4.83 Å². The molecule has 2 aromatic rings. The van der Waals surface area contributed by atoms with Gasteiger partial charge in [-0.05, 0) is 23.7 Å². The molecule has 7 heteroatoms. The number of pyridine rings is 1. The lowest BCUT2D eigenvalue weighted by Gasteiger charge is -2.33. The van der Waals surface area contributed by atoms with E-state index in [1.54, 1.807) is 16.2 Å². The summed E-state index contributed by atoms with van der Waals surface area (Å²) < 4.78 is 1.76. The van der Waals surface area contributed by atoms with Crippen molar-refractivity contribution >= 4 is 21.7 Å². The minimum absolute atomic E-state index is 0.0395. The molecule has 1 N–H and O–H groups in total. The Morgan fingerprint density at radius 2 is 2.00 bits per heavy atom. The van der Waals surface area contributed by atoms with Gasteiger partial charge in [0.25, 0.3) is 5.56 Å². The van der Waals surface area contributed by atoms with Crippen molar-refractivity contribution in [2.24, 2.45) is 0 Å². The minimum Gasteiger partial charge on any atom is -0.381 e. The first-order valence-corrected chi connectivity index (χ1v) is 7.05. The van der Waals surface area contributed by atoms with E-state index in [4.69, 9.17) is 5.11 Å². The fraction of sp³-hybridized carbons (Fsp3) is 0.500. The zero-order valence-electron chi connectivity index (χ0n) is 10.5. The molecule has 0 aliphatic carbocycles. The van der Waals surface area contributed by atoms with Crippen LogP contribution in [-0.4, -0.2) is 56.8 Å². The van der Waals surface area contributed by atoms with E-state index < -0.39 is 0 Å². The van der Waals surface area contributed by atoms with Gasteiger partial charge in [-0.25, -0.2) is 8.94 Å². The molecule has 0 saturated carbocycles. The van der Waals surface area contributed by atoms with Crippen molar-refractivity contribution < 1.29 is 5.11 Å². The van der Waals surface area contributed by atoms with Crippen molar-refractivity contribution in [2.45, 2.75) is 6.67 Å². The third-order valence-corrected chi connectivity index (χ3v) is 4.42. The van der Waals surface area contributed by atoms with Gasteiger partial charge in [-0.1, -0.05) is 0 Å². The second-order valence-corrected chi connectivity index (χ2v) is 5.66. The number of aromatic nitrogens is 2.